The molecular weight excluding hydrogens is 242 g/mol. The normalized spacial score (nSPS) is 24.7. The smallest absolute Gasteiger partial charge is 0.137 e. The van der Waals surface area contributed by atoms with Crippen molar-refractivity contribution in [2.75, 3.05) is 11.6 Å². The summed E-state index contributed by atoms with van der Waals surface area (Å²) >= 11 is 7.92. The number of hydrogen-bond donors (Lipinski definition) is 1. The minimum atomic E-state index is 0.530. The maximum absolute atomic E-state index is 5.96. The molecule has 2 atom stereocenters. The third kappa shape index (κ3) is 2.61. The topological polar surface area (TPSA) is 37.8 Å². The highest BCUT2D eigenvalue weighted by Gasteiger charge is 2.24. The Kier molecular flexibility index (Phi) is 3.92. The molecule has 1 aromatic rings. The van der Waals surface area contributed by atoms with Gasteiger partial charge in [-0.1, -0.05) is 11.6 Å². The molecule has 0 amide bonds. The number of halogens is 1. The zero-order chi connectivity index (χ0) is 11.5. The van der Waals surface area contributed by atoms with E-state index < -0.39 is 0 Å². The van der Waals surface area contributed by atoms with Gasteiger partial charge in [0.2, 0.25) is 0 Å². The van der Waals surface area contributed by atoms with Crippen LogP contribution >= 0.6 is 23.4 Å². The Labute approximate surface area is 105 Å². The molecule has 5 heteroatoms. The van der Waals surface area contributed by atoms with E-state index in [0.717, 1.165) is 16.6 Å². The zero-order valence-electron chi connectivity index (χ0n) is 9.53. The largest absolute Gasteiger partial charge is 0.367 e. The van der Waals surface area contributed by atoms with Gasteiger partial charge in [0.05, 0.1) is 0 Å². The first-order valence-electron chi connectivity index (χ1n) is 5.47. The second kappa shape index (κ2) is 5.23. The first kappa shape index (κ1) is 12.0. The lowest BCUT2D eigenvalue weighted by Crippen LogP contribution is -2.17. The van der Waals surface area contributed by atoms with Crippen molar-refractivity contribution in [2.45, 2.75) is 37.5 Å². The molecule has 1 N–H and O–H groups in total. The van der Waals surface area contributed by atoms with Gasteiger partial charge in [0.15, 0.2) is 0 Å². The Bertz CT molecular complexity index is 372. The molecule has 2 unspecified atom stereocenters. The lowest BCUT2D eigenvalue weighted by molar-refractivity contribution is 0.749. The molecule has 0 radical (unpaired) electrons. The first-order valence-corrected chi connectivity index (χ1v) is 7.13. The number of aromatic nitrogens is 2. The van der Waals surface area contributed by atoms with E-state index in [2.05, 4.69) is 21.5 Å². The highest BCUT2D eigenvalue weighted by atomic mass is 35.5. The van der Waals surface area contributed by atoms with Gasteiger partial charge in [-0.3, -0.25) is 0 Å². The van der Waals surface area contributed by atoms with Gasteiger partial charge in [-0.15, -0.1) is 0 Å². The summed E-state index contributed by atoms with van der Waals surface area (Å²) in [6.07, 6.45) is 7.41. The fourth-order valence-corrected chi connectivity index (χ4v) is 2.98. The van der Waals surface area contributed by atoms with E-state index in [-0.39, 0.29) is 0 Å². The van der Waals surface area contributed by atoms with Crippen LogP contribution in [-0.4, -0.2) is 27.5 Å². The van der Waals surface area contributed by atoms with Crippen molar-refractivity contribution in [3.8, 4) is 0 Å². The average Bonchev–Trinajstić information content (AvgIpc) is 2.73. The van der Waals surface area contributed by atoms with Crippen LogP contribution < -0.4 is 5.32 Å². The van der Waals surface area contributed by atoms with Crippen molar-refractivity contribution in [1.29, 1.82) is 0 Å². The van der Waals surface area contributed by atoms with Crippen LogP contribution in [-0.2, 0) is 0 Å². The Morgan fingerprint density at radius 3 is 2.94 bits per heavy atom. The molecule has 1 heterocycles. The van der Waals surface area contributed by atoms with E-state index in [0.29, 0.717) is 11.2 Å². The standard InChI is InChI=1S/C11H16ClN3S/c1-7-10(12)13-6-14-11(7)15-8-3-4-9(5-8)16-2/h6,8-9H,3-5H2,1-2H3,(H,13,14,15). The van der Waals surface area contributed by atoms with Crippen molar-refractivity contribution in [3.05, 3.63) is 17.0 Å². The number of anilines is 1. The summed E-state index contributed by atoms with van der Waals surface area (Å²) in [6, 6.07) is 0.530. The van der Waals surface area contributed by atoms with Gasteiger partial charge >= 0.3 is 0 Å². The van der Waals surface area contributed by atoms with Gasteiger partial charge in [-0.25, -0.2) is 9.97 Å². The van der Waals surface area contributed by atoms with Crippen LogP contribution in [0.2, 0.25) is 5.15 Å². The van der Waals surface area contributed by atoms with Gasteiger partial charge in [-0.05, 0) is 32.4 Å². The molecule has 0 aromatic carbocycles. The molecule has 1 aliphatic carbocycles. The van der Waals surface area contributed by atoms with Crippen LogP contribution in [0.5, 0.6) is 0 Å². The van der Waals surface area contributed by atoms with E-state index in [1.54, 1.807) is 0 Å². The van der Waals surface area contributed by atoms with Crippen LogP contribution in [0.4, 0.5) is 5.82 Å². The summed E-state index contributed by atoms with van der Waals surface area (Å²) in [7, 11) is 0. The van der Waals surface area contributed by atoms with Crippen molar-refractivity contribution in [1.82, 2.24) is 9.97 Å². The van der Waals surface area contributed by atoms with Gasteiger partial charge in [0.25, 0.3) is 0 Å². The summed E-state index contributed by atoms with van der Waals surface area (Å²) in [4.78, 5) is 8.20. The Balaban J connectivity index is 2.02. The molecule has 0 saturated heterocycles. The molecule has 1 saturated carbocycles. The molecule has 1 fully saturated rings. The highest BCUT2D eigenvalue weighted by molar-refractivity contribution is 7.99. The minimum absolute atomic E-state index is 0.530. The molecule has 0 bridgehead atoms. The van der Waals surface area contributed by atoms with Crippen LogP contribution in [0, 0.1) is 6.92 Å². The van der Waals surface area contributed by atoms with Crippen molar-refractivity contribution < 1.29 is 0 Å². The average molecular weight is 258 g/mol. The Morgan fingerprint density at radius 2 is 2.25 bits per heavy atom. The minimum Gasteiger partial charge on any atom is -0.367 e. The van der Waals surface area contributed by atoms with Gasteiger partial charge in [0, 0.05) is 16.9 Å². The van der Waals surface area contributed by atoms with E-state index in [1.807, 2.05) is 18.7 Å². The summed E-state index contributed by atoms with van der Waals surface area (Å²) in [5.74, 6) is 0.881. The number of thioether (sulfide) groups is 1. The fraction of sp³-hybridized carbons (Fsp3) is 0.636. The van der Waals surface area contributed by atoms with Crippen LogP contribution in [0.3, 0.4) is 0 Å². The second-order valence-corrected chi connectivity index (χ2v) is 5.65. The third-order valence-electron chi connectivity index (χ3n) is 3.08. The molecule has 2 rings (SSSR count). The number of nitrogens with zero attached hydrogens (tertiary/aromatic N) is 2. The lowest BCUT2D eigenvalue weighted by Gasteiger charge is -2.15. The Morgan fingerprint density at radius 1 is 1.44 bits per heavy atom. The molecule has 1 aromatic heterocycles. The van der Waals surface area contributed by atoms with Crippen molar-refractivity contribution in [2.24, 2.45) is 0 Å². The SMILES string of the molecule is CSC1CCC(Nc2ncnc(Cl)c2C)C1. The van der Waals surface area contributed by atoms with E-state index in [4.69, 9.17) is 11.6 Å². The van der Waals surface area contributed by atoms with Crippen LogP contribution in [0.15, 0.2) is 6.33 Å². The number of hydrogen-bond acceptors (Lipinski definition) is 4. The summed E-state index contributed by atoms with van der Waals surface area (Å²) in [6.45, 7) is 1.95. The molecule has 3 nitrogen and oxygen atoms in total. The first-order chi connectivity index (χ1) is 7.70. The van der Waals surface area contributed by atoms with Crippen LogP contribution in [0.1, 0.15) is 24.8 Å². The summed E-state index contributed by atoms with van der Waals surface area (Å²) in [5, 5.41) is 4.79. The van der Waals surface area contributed by atoms with E-state index in [9.17, 15) is 0 Å². The maximum Gasteiger partial charge on any atom is 0.137 e. The Hall–Kier alpha value is -0.480. The number of nitrogens with one attached hydrogen (secondary N) is 1. The second-order valence-electron chi connectivity index (χ2n) is 4.15. The zero-order valence-corrected chi connectivity index (χ0v) is 11.1. The van der Waals surface area contributed by atoms with Gasteiger partial charge in [0.1, 0.15) is 17.3 Å². The van der Waals surface area contributed by atoms with Crippen molar-refractivity contribution >= 4 is 29.2 Å². The predicted molar refractivity (Wildman–Crippen MR) is 70.3 cm³/mol. The molecule has 0 aliphatic heterocycles. The summed E-state index contributed by atoms with van der Waals surface area (Å²) in [5.41, 5.74) is 0.941. The monoisotopic (exact) mass is 257 g/mol. The van der Waals surface area contributed by atoms with Gasteiger partial charge < -0.3 is 5.32 Å². The van der Waals surface area contributed by atoms with E-state index >= 15 is 0 Å². The van der Waals surface area contributed by atoms with E-state index in [1.165, 1.54) is 25.6 Å². The summed E-state index contributed by atoms with van der Waals surface area (Å²) < 4.78 is 0. The molecule has 88 valence electrons. The van der Waals surface area contributed by atoms with Gasteiger partial charge in [-0.2, -0.15) is 11.8 Å². The quantitative estimate of drug-likeness (QED) is 0.845. The third-order valence-corrected chi connectivity index (χ3v) is 4.56. The molecule has 16 heavy (non-hydrogen) atoms. The fourth-order valence-electron chi connectivity index (χ4n) is 2.05. The van der Waals surface area contributed by atoms with Crippen molar-refractivity contribution in [3.63, 3.8) is 0 Å². The number of rotatable bonds is 3. The highest BCUT2D eigenvalue weighted by Crippen LogP contribution is 2.30. The maximum atomic E-state index is 5.96. The molecule has 0 spiro atoms. The lowest BCUT2D eigenvalue weighted by atomic mass is 10.2. The molecular formula is C11H16ClN3S. The van der Waals surface area contributed by atoms with Crippen LogP contribution in [0.25, 0.3) is 0 Å². The molecule has 1 aliphatic rings. The predicted octanol–water partition coefficient (Wildman–Crippen LogP) is 3.13.